The van der Waals surface area contributed by atoms with Crippen LogP contribution in [0, 0.1) is 0 Å². The maximum absolute atomic E-state index is 13.1. The SMILES string of the molecule is CC[C@H](NC(=O)c1nc2ccccc2[nH]c1=O)C(=O)N1CCN(C(=O)c2ccc(OC(F)(F)F)cc2)CC1. The third kappa shape index (κ3) is 6.10. The first kappa shape index (κ1) is 26.6. The Kier molecular flexibility index (Phi) is 7.65. The summed E-state index contributed by atoms with van der Waals surface area (Å²) in [4.78, 5) is 60.7. The molecule has 0 unspecified atom stereocenters. The Morgan fingerprint density at radius 2 is 1.66 bits per heavy atom. The molecule has 2 heterocycles. The van der Waals surface area contributed by atoms with Gasteiger partial charge in [0, 0.05) is 31.7 Å². The maximum Gasteiger partial charge on any atom is 0.573 e. The van der Waals surface area contributed by atoms with Gasteiger partial charge in [0.05, 0.1) is 11.0 Å². The van der Waals surface area contributed by atoms with Crippen molar-refractivity contribution in [3.8, 4) is 5.75 Å². The van der Waals surface area contributed by atoms with E-state index < -0.39 is 35.5 Å². The Morgan fingerprint density at radius 1 is 1.03 bits per heavy atom. The number of alkyl halides is 3. The Labute approximate surface area is 214 Å². The van der Waals surface area contributed by atoms with Crippen LogP contribution in [-0.4, -0.2) is 76.1 Å². The van der Waals surface area contributed by atoms with Gasteiger partial charge in [-0.2, -0.15) is 0 Å². The molecule has 0 aliphatic carbocycles. The van der Waals surface area contributed by atoms with Crippen molar-refractivity contribution in [1.82, 2.24) is 25.1 Å². The van der Waals surface area contributed by atoms with E-state index in [2.05, 4.69) is 20.0 Å². The number of nitrogens with one attached hydrogen (secondary N) is 2. The molecule has 1 aliphatic rings. The number of ether oxygens (including phenoxy) is 1. The molecule has 0 bridgehead atoms. The van der Waals surface area contributed by atoms with Gasteiger partial charge in [-0.1, -0.05) is 19.1 Å². The smallest absolute Gasteiger partial charge is 0.406 e. The number of hydrogen-bond acceptors (Lipinski definition) is 6. The minimum absolute atomic E-state index is 0.186. The number of H-pyrrole nitrogens is 1. The summed E-state index contributed by atoms with van der Waals surface area (Å²) in [5.74, 6) is -1.96. The summed E-state index contributed by atoms with van der Waals surface area (Å²) in [6, 6.07) is 10.4. The predicted molar refractivity (Wildman–Crippen MR) is 130 cm³/mol. The van der Waals surface area contributed by atoms with Crippen LogP contribution in [0.2, 0.25) is 0 Å². The van der Waals surface area contributed by atoms with Gasteiger partial charge < -0.3 is 24.8 Å². The van der Waals surface area contributed by atoms with Crippen LogP contribution >= 0.6 is 0 Å². The summed E-state index contributed by atoms with van der Waals surface area (Å²) in [5.41, 5.74) is 0.0758. The molecule has 2 aromatic carbocycles. The van der Waals surface area contributed by atoms with E-state index in [1.165, 1.54) is 21.9 Å². The number of aromatic nitrogens is 2. The average Bonchev–Trinajstić information content (AvgIpc) is 2.90. The lowest BCUT2D eigenvalue weighted by molar-refractivity contribution is -0.274. The molecule has 200 valence electrons. The third-order valence-electron chi connectivity index (χ3n) is 6.04. The molecular weight excluding hydrogens is 507 g/mol. The number of para-hydroxylation sites is 2. The standard InChI is InChI=1S/C25H24F3N5O5/c1-2-17(30-21(34)20-22(35)31-19-6-4-3-5-18(19)29-20)24(37)33-13-11-32(12-14-33)23(36)15-7-9-16(10-8-15)38-25(26,27)28/h3-10,17H,2,11-14H2,1H3,(H,30,34)(H,31,35)/t17-/m0/s1. The van der Waals surface area contributed by atoms with Crippen molar-refractivity contribution in [1.29, 1.82) is 0 Å². The topological polar surface area (TPSA) is 125 Å². The number of aromatic amines is 1. The van der Waals surface area contributed by atoms with Crippen LogP contribution in [0.25, 0.3) is 11.0 Å². The van der Waals surface area contributed by atoms with Crippen LogP contribution < -0.4 is 15.6 Å². The zero-order chi connectivity index (χ0) is 27.4. The highest BCUT2D eigenvalue weighted by Crippen LogP contribution is 2.23. The monoisotopic (exact) mass is 531 g/mol. The summed E-state index contributed by atoms with van der Waals surface area (Å²) in [5, 5.41) is 2.58. The van der Waals surface area contributed by atoms with Gasteiger partial charge in [-0.05, 0) is 42.8 Å². The van der Waals surface area contributed by atoms with Crippen molar-refractivity contribution in [3.63, 3.8) is 0 Å². The number of nitrogens with zero attached hydrogens (tertiary/aromatic N) is 3. The normalized spacial score (nSPS) is 14.7. The molecular formula is C25H24F3N5O5. The van der Waals surface area contributed by atoms with Crippen molar-refractivity contribution >= 4 is 28.8 Å². The minimum Gasteiger partial charge on any atom is -0.406 e. The molecule has 1 saturated heterocycles. The van der Waals surface area contributed by atoms with Gasteiger partial charge in [0.1, 0.15) is 11.8 Å². The number of amides is 3. The minimum atomic E-state index is -4.83. The molecule has 3 amide bonds. The number of hydrogen-bond donors (Lipinski definition) is 2. The second kappa shape index (κ2) is 10.9. The third-order valence-corrected chi connectivity index (χ3v) is 6.04. The lowest BCUT2D eigenvalue weighted by atomic mass is 10.1. The van der Waals surface area contributed by atoms with E-state index in [9.17, 15) is 32.3 Å². The number of carbonyl (C=O) groups is 3. The number of rotatable bonds is 6. The van der Waals surface area contributed by atoms with Gasteiger partial charge in [0.15, 0.2) is 5.69 Å². The molecule has 4 rings (SSSR count). The van der Waals surface area contributed by atoms with Gasteiger partial charge in [-0.25, -0.2) is 4.98 Å². The fraction of sp³-hybridized carbons (Fsp3) is 0.320. The fourth-order valence-corrected chi connectivity index (χ4v) is 4.08. The zero-order valence-electron chi connectivity index (χ0n) is 20.2. The number of carbonyl (C=O) groups excluding carboxylic acids is 3. The van der Waals surface area contributed by atoms with Crippen molar-refractivity contribution < 1.29 is 32.3 Å². The van der Waals surface area contributed by atoms with E-state index in [1.807, 2.05) is 0 Å². The highest BCUT2D eigenvalue weighted by atomic mass is 19.4. The molecule has 1 aromatic heterocycles. The van der Waals surface area contributed by atoms with Crippen molar-refractivity contribution in [3.05, 3.63) is 70.1 Å². The Bertz CT molecular complexity index is 1400. The van der Waals surface area contributed by atoms with Crippen molar-refractivity contribution in [2.24, 2.45) is 0 Å². The van der Waals surface area contributed by atoms with Crippen LogP contribution in [0.4, 0.5) is 13.2 Å². The predicted octanol–water partition coefficient (Wildman–Crippen LogP) is 2.31. The van der Waals surface area contributed by atoms with E-state index >= 15 is 0 Å². The van der Waals surface area contributed by atoms with E-state index in [4.69, 9.17) is 0 Å². The van der Waals surface area contributed by atoms with Crippen molar-refractivity contribution in [2.45, 2.75) is 25.7 Å². The number of benzene rings is 2. The van der Waals surface area contributed by atoms with Crippen LogP contribution in [0.1, 0.15) is 34.2 Å². The zero-order valence-corrected chi connectivity index (χ0v) is 20.2. The summed E-state index contributed by atoms with van der Waals surface area (Å²) in [6.45, 7) is 2.50. The van der Waals surface area contributed by atoms with Gasteiger partial charge in [0.25, 0.3) is 17.4 Å². The largest absolute Gasteiger partial charge is 0.573 e. The molecule has 1 aliphatic heterocycles. The van der Waals surface area contributed by atoms with Crippen LogP contribution in [0.15, 0.2) is 53.3 Å². The fourth-order valence-electron chi connectivity index (χ4n) is 4.08. The van der Waals surface area contributed by atoms with Gasteiger partial charge in [-0.3, -0.25) is 19.2 Å². The molecule has 0 radical (unpaired) electrons. The summed E-state index contributed by atoms with van der Waals surface area (Å²) in [7, 11) is 0. The highest BCUT2D eigenvalue weighted by molar-refractivity contribution is 5.97. The lowest BCUT2D eigenvalue weighted by Crippen LogP contribution is -2.56. The second-order valence-electron chi connectivity index (χ2n) is 8.56. The Morgan fingerprint density at radius 3 is 2.29 bits per heavy atom. The van der Waals surface area contributed by atoms with E-state index in [-0.39, 0.29) is 49.8 Å². The number of halogens is 3. The quantitative estimate of drug-likeness (QED) is 0.503. The molecule has 13 heteroatoms. The summed E-state index contributed by atoms with van der Waals surface area (Å²) >= 11 is 0. The molecule has 1 atom stereocenters. The van der Waals surface area contributed by atoms with E-state index in [1.54, 1.807) is 31.2 Å². The number of fused-ring (bicyclic) bond motifs is 1. The summed E-state index contributed by atoms with van der Waals surface area (Å²) < 4.78 is 40.8. The van der Waals surface area contributed by atoms with Gasteiger partial charge in [-0.15, -0.1) is 13.2 Å². The van der Waals surface area contributed by atoms with Crippen LogP contribution in [0.5, 0.6) is 5.75 Å². The summed E-state index contributed by atoms with van der Waals surface area (Å²) in [6.07, 6.45) is -4.56. The molecule has 3 aromatic rings. The van der Waals surface area contributed by atoms with E-state index in [0.717, 1.165) is 12.1 Å². The first-order valence-corrected chi connectivity index (χ1v) is 11.8. The molecule has 2 N–H and O–H groups in total. The molecule has 1 fully saturated rings. The van der Waals surface area contributed by atoms with Crippen molar-refractivity contribution in [2.75, 3.05) is 26.2 Å². The first-order chi connectivity index (χ1) is 18.1. The van der Waals surface area contributed by atoms with E-state index in [0.29, 0.717) is 11.0 Å². The average molecular weight is 531 g/mol. The first-order valence-electron chi connectivity index (χ1n) is 11.8. The second-order valence-corrected chi connectivity index (χ2v) is 8.56. The molecule has 0 spiro atoms. The molecule has 0 saturated carbocycles. The van der Waals surface area contributed by atoms with Crippen LogP contribution in [-0.2, 0) is 4.79 Å². The van der Waals surface area contributed by atoms with Crippen LogP contribution in [0.3, 0.4) is 0 Å². The Balaban J connectivity index is 1.35. The number of piperazine rings is 1. The molecule has 10 nitrogen and oxygen atoms in total. The Hall–Kier alpha value is -4.42. The lowest BCUT2D eigenvalue weighted by Gasteiger charge is -2.36. The highest BCUT2D eigenvalue weighted by Gasteiger charge is 2.32. The van der Waals surface area contributed by atoms with Gasteiger partial charge >= 0.3 is 6.36 Å². The molecule has 38 heavy (non-hydrogen) atoms. The van der Waals surface area contributed by atoms with Gasteiger partial charge in [0.2, 0.25) is 5.91 Å². The maximum atomic E-state index is 13.1.